The summed E-state index contributed by atoms with van der Waals surface area (Å²) in [6.07, 6.45) is 0. The molecular formula is C13H14BrNO2. The van der Waals surface area contributed by atoms with Gasteiger partial charge in [0.1, 0.15) is 5.58 Å². The molecule has 0 N–H and O–H groups in total. The first kappa shape index (κ1) is 12.2. The lowest BCUT2D eigenvalue weighted by Gasteiger charge is -2.22. The van der Waals surface area contributed by atoms with Gasteiger partial charge in [-0.05, 0) is 41.9 Å². The second-order valence-electron chi connectivity index (χ2n) is 3.77. The van der Waals surface area contributed by atoms with Gasteiger partial charge in [0.2, 0.25) is 0 Å². The van der Waals surface area contributed by atoms with E-state index in [4.69, 9.17) is 4.42 Å². The average molecular weight is 296 g/mol. The molecule has 0 unspecified atom stereocenters. The molecule has 1 heterocycles. The Morgan fingerprint density at radius 2 is 1.94 bits per heavy atom. The molecule has 0 aliphatic heterocycles. The molecule has 0 radical (unpaired) electrons. The molecule has 0 saturated carbocycles. The maximum absolute atomic E-state index is 11.2. The molecule has 90 valence electrons. The zero-order valence-electron chi connectivity index (χ0n) is 9.87. The van der Waals surface area contributed by atoms with Crippen LogP contribution in [0.2, 0.25) is 0 Å². The number of halogens is 1. The molecule has 0 atom stereocenters. The topological polar surface area (TPSA) is 33.5 Å². The van der Waals surface area contributed by atoms with E-state index in [9.17, 15) is 4.79 Å². The van der Waals surface area contributed by atoms with Crippen molar-refractivity contribution in [2.45, 2.75) is 13.8 Å². The quantitative estimate of drug-likeness (QED) is 0.814. The highest BCUT2D eigenvalue weighted by Crippen LogP contribution is 2.30. The number of anilines is 1. The van der Waals surface area contributed by atoms with Crippen LogP contribution in [-0.4, -0.2) is 13.1 Å². The Morgan fingerprint density at radius 1 is 1.24 bits per heavy atom. The summed E-state index contributed by atoms with van der Waals surface area (Å²) in [4.78, 5) is 13.4. The number of rotatable bonds is 3. The second kappa shape index (κ2) is 4.92. The van der Waals surface area contributed by atoms with Crippen molar-refractivity contribution in [3.63, 3.8) is 0 Å². The van der Waals surface area contributed by atoms with Gasteiger partial charge in [-0.3, -0.25) is 0 Å². The SMILES string of the molecule is CCN(CC)c1cc2oc(=O)ccc2cc1Br. The van der Waals surface area contributed by atoms with Gasteiger partial charge in [-0.15, -0.1) is 0 Å². The fraction of sp³-hybridized carbons (Fsp3) is 0.308. The maximum atomic E-state index is 11.2. The molecule has 0 spiro atoms. The van der Waals surface area contributed by atoms with E-state index in [1.165, 1.54) is 6.07 Å². The fourth-order valence-corrected chi connectivity index (χ4v) is 2.50. The summed E-state index contributed by atoms with van der Waals surface area (Å²) in [6.45, 7) is 6.03. The van der Waals surface area contributed by atoms with Gasteiger partial charge in [-0.1, -0.05) is 0 Å². The number of hydrogen-bond donors (Lipinski definition) is 0. The van der Waals surface area contributed by atoms with Crippen molar-refractivity contribution < 1.29 is 4.42 Å². The zero-order chi connectivity index (χ0) is 12.4. The van der Waals surface area contributed by atoms with Gasteiger partial charge in [0.15, 0.2) is 0 Å². The second-order valence-corrected chi connectivity index (χ2v) is 4.62. The van der Waals surface area contributed by atoms with Crippen molar-refractivity contribution >= 4 is 32.6 Å². The number of fused-ring (bicyclic) bond motifs is 1. The van der Waals surface area contributed by atoms with Gasteiger partial charge in [-0.2, -0.15) is 0 Å². The van der Waals surface area contributed by atoms with E-state index >= 15 is 0 Å². The van der Waals surface area contributed by atoms with E-state index in [0.29, 0.717) is 5.58 Å². The van der Waals surface area contributed by atoms with Crippen molar-refractivity contribution in [3.05, 3.63) is 39.2 Å². The maximum Gasteiger partial charge on any atom is 0.336 e. The zero-order valence-corrected chi connectivity index (χ0v) is 11.5. The van der Waals surface area contributed by atoms with Crippen molar-refractivity contribution in [1.29, 1.82) is 0 Å². The third kappa shape index (κ3) is 2.36. The van der Waals surface area contributed by atoms with E-state index in [-0.39, 0.29) is 5.63 Å². The smallest absolute Gasteiger partial charge is 0.336 e. The molecule has 3 nitrogen and oxygen atoms in total. The molecule has 0 saturated heterocycles. The first-order chi connectivity index (χ1) is 8.15. The minimum Gasteiger partial charge on any atom is -0.423 e. The van der Waals surface area contributed by atoms with Crippen LogP contribution in [0.1, 0.15) is 13.8 Å². The largest absolute Gasteiger partial charge is 0.423 e. The van der Waals surface area contributed by atoms with Crippen molar-refractivity contribution in [2.75, 3.05) is 18.0 Å². The van der Waals surface area contributed by atoms with Gasteiger partial charge in [-0.25, -0.2) is 4.79 Å². The molecular weight excluding hydrogens is 282 g/mol. The molecule has 0 fully saturated rings. The normalized spacial score (nSPS) is 10.8. The minimum absolute atomic E-state index is 0.315. The first-order valence-corrected chi connectivity index (χ1v) is 6.43. The van der Waals surface area contributed by atoms with E-state index in [2.05, 4.69) is 34.7 Å². The van der Waals surface area contributed by atoms with Crippen LogP contribution < -0.4 is 10.5 Å². The van der Waals surface area contributed by atoms with Crippen LogP contribution in [0.3, 0.4) is 0 Å². The van der Waals surface area contributed by atoms with E-state index in [0.717, 1.165) is 28.6 Å². The molecule has 0 bridgehead atoms. The summed E-state index contributed by atoms with van der Waals surface area (Å²) in [5.41, 5.74) is 1.37. The first-order valence-electron chi connectivity index (χ1n) is 5.64. The van der Waals surface area contributed by atoms with Gasteiger partial charge < -0.3 is 9.32 Å². The average Bonchev–Trinajstić information content (AvgIpc) is 2.32. The molecule has 0 aliphatic rings. The lowest BCUT2D eigenvalue weighted by molar-refractivity contribution is 0.561. The standard InChI is InChI=1S/C13H14BrNO2/c1-3-15(4-2)11-8-12-9(7-10(11)14)5-6-13(16)17-12/h5-8H,3-4H2,1-2H3. The summed E-state index contributed by atoms with van der Waals surface area (Å²) < 4.78 is 6.21. The highest BCUT2D eigenvalue weighted by Gasteiger charge is 2.09. The summed E-state index contributed by atoms with van der Waals surface area (Å²) in [5.74, 6) is 0. The number of benzene rings is 1. The summed E-state index contributed by atoms with van der Waals surface area (Å²) >= 11 is 3.56. The lowest BCUT2D eigenvalue weighted by Crippen LogP contribution is -2.22. The van der Waals surface area contributed by atoms with Crippen LogP contribution in [0.5, 0.6) is 0 Å². The Bertz CT molecular complexity index is 587. The van der Waals surface area contributed by atoms with Crippen LogP contribution >= 0.6 is 15.9 Å². The molecule has 0 aliphatic carbocycles. The van der Waals surface area contributed by atoms with E-state index in [1.54, 1.807) is 6.07 Å². The summed E-state index contributed by atoms with van der Waals surface area (Å²) in [7, 11) is 0. The Hall–Kier alpha value is -1.29. The van der Waals surface area contributed by atoms with Crippen molar-refractivity contribution in [2.24, 2.45) is 0 Å². The predicted molar refractivity (Wildman–Crippen MR) is 73.7 cm³/mol. The minimum atomic E-state index is -0.315. The Labute approximate surface area is 108 Å². The van der Waals surface area contributed by atoms with Gasteiger partial charge in [0, 0.05) is 35.1 Å². The lowest BCUT2D eigenvalue weighted by atomic mass is 10.2. The predicted octanol–water partition coefficient (Wildman–Crippen LogP) is 3.40. The number of nitrogens with zero attached hydrogens (tertiary/aromatic N) is 1. The summed E-state index contributed by atoms with van der Waals surface area (Å²) in [6, 6.07) is 7.10. The monoisotopic (exact) mass is 295 g/mol. The highest BCUT2D eigenvalue weighted by atomic mass is 79.9. The third-order valence-corrected chi connectivity index (χ3v) is 3.43. The molecule has 2 aromatic rings. The number of hydrogen-bond acceptors (Lipinski definition) is 3. The van der Waals surface area contributed by atoms with Gasteiger partial charge in [0.05, 0.1) is 5.69 Å². The van der Waals surface area contributed by atoms with Gasteiger partial charge >= 0.3 is 5.63 Å². The molecule has 2 rings (SSSR count). The van der Waals surface area contributed by atoms with Crippen LogP contribution in [0.15, 0.2) is 37.9 Å². The Kier molecular flexibility index (Phi) is 3.52. The molecule has 17 heavy (non-hydrogen) atoms. The molecule has 1 aromatic heterocycles. The molecule has 4 heteroatoms. The van der Waals surface area contributed by atoms with Crippen LogP contribution in [0, 0.1) is 0 Å². The van der Waals surface area contributed by atoms with Crippen molar-refractivity contribution in [1.82, 2.24) is 0 Å². The third-order valence-electron chi connectivity index (χ3n) is 2.79. The van der Waals surface area contributed by atoms with E-state index < -0.39 is 0 Å². The summed E-state index contributed by atoms with van der Waals surface area (Å²) in [5, 5.41) is 0.924. The highest BCUT2D eigenvalue weighted by molar-refractivity contribution is 9.10. The van der Waals surface area contributed by atoms with Crippen LogP contribution in [0.25, 0.3) is 11.0 Å². The van der Waals surface area contributed by atoms with E-state index in [1.807, 2.05) is 12.1 Å². The van der Waals surface area contributed by atoms with Crippen molar-refractivity contribution in [3.8, 4) is 0 Å². The van der Waals surface area contributed by atoms with Crippen LogP contribution in [-0.2, 0) is 0 Å². The molecule has 1 aromatic carbocycles. The van der Waals surface area contributed by atoms with Gasteiger partial charge in [0.25, 0.3) is 0 Å². The Morgan fingerprint density at radius 3 is 2.59 bits per heavy atom. The van der Waals surface area contributed by atoms with Crippen LogP contribution in [0.4, 0.5) is 5.69 Å². The molecule has 0 amide bonds. The fourth-order valence-electron chi connectivity index (χ4n) is 1.88. The Balaban J connectivity index is 2.64.